The molecule has 2 heterocycles. The maximum absolute atomic E-state index is 12.5. The Balaban J connectivity index is 1.51. The van der Waals surface area contributed by atoms with E-state index < -0.39 is 0 Å². The van der Waals surface area contributed by atoms with Crippen molar-refractivity contribution in [1.29, 1.82) is 0 Å². The fourth-order valence-electron chi connectivity index (χ4n) is 4.05. The van der Waals surface area contributed by atoms with E-state index >= 15 is 0 Å². The first-order chi connectivity index (χ1) is 15.0. The molecule has 0 unspecified atom stereocenters. The Bertz CT molecular complexity index is 887. The Kier molecular flexibility index (Phi) is 8.18. The van der Waals surface area contributed by atoms with Crippen molar-refractivity contribution >= 4 is 17.5 Å². The standard InChI is InChI=1S/C25H34N4O2/c1-4-22(5-2)27-24(30)20-9-11-29(12-10-20)17-19-7-6-8-23(14-19)28-25(31)21-13-18(3)15-26-16-21/h6-8,13-16,20,22H,4-5,9-12,17H2,1-3H3,(H,27,30)(H,28,31). The third kappa shape index (κ3) is 6.62. The van der Waals surface area contributed by atoms with Crippen molar-refractivity contribution in [2.24, 2.45) is 5.92 Å². The van der Waals surface area contributed by atoms with Gasteiger partial charge in [-0.2, -0.15) is 0 Å². The number of hydrogen-bond donors (Lipinski definition) is 2. The minimum atomic E-state index is -0.155. The molecule has 0 bridgehead atoms. The fraction of sp³-hybridized carbons (Fsp3) is 0.480. The van der Waals surface area contributed by atoms with Crippen molar-refractivity contribution < 1.29 is 9.59 Å². The van der Waals surface area contributed by atoms with Gasteiger partial charge in [-0.05, 0) is 75.0 Å². The predicted octanol–water partition coefficient (Wildman–Crippen LogP) is 4.16. The molecule has 1 aliphatic heterocycles. The highest BCUT2D eigenvalue weighted by atomic mass is 16.2. The highest BCUT2D eigenvalue weighted by Crippen LogP contribution is 2.21. The van der Waals surface area contributed by atoms with Crippen LogP contribution in [0.3, 0.4) is 0 Å². The van der Waals surface area contributed by atoms with E-state index in [-0.39, 0.29) is 17.7 Å². The minimum Gasteiger partial charge on any atom is -0.353 e. The van der Waals surface area contributed by atoms with Crippen molar-refractivity contribution in [2.45, 2.75) is 59.0 Å². The molecule has 6 nitrogen and oxygen atoms in total. The molecule has 6 heteroatoms. The number of carbonyl (C=O) groups is 2. The van der Waals surface area contributed by atoms with E-state index in [9.17, 15) is 9.59 Å². The summed E-state index contributed by atoms with van der Waals surface area (Å²) in [6.45, 7) is 8.79. The van der Waals surface area contributed by atoms with Gasteiger partial charge in [0.25, 0.3) is 5.91 Å². The van der Waals surface area contributed by atoms with Gasteiger partial charge in [0.05, 0.1) is 5.56 Å². The van der Waals surface area contributed by atoms with Crippen LogP contribution in [-0.4, -0.2) is 40.8 Å². The molecule has 31 heavy (non-hydrogen) atoms. The number of nitrogens with one attached hydrogen (secondary N) is 2. The van der Waals surface area contributed by atoms with Gasteiger partial charge in [0.1, 0.15) is 0 Å². The molecular formula is C25H34N4O2. The molecule has 1 aromatic carbocycles. The summed E-state index contributed by atoms with van der Waals surface area (Å²) in [7, 11) is 0. The molecule has 3 rings (SSSR count). The van der Waals surface area contributed by atoms with E-state index in [1.807, 2.05) is 31.2 Å². The second kappa shape index (κ2) is 11.0. The van der Waals surface area contributed by atoms with Gasteiger partial charge in [0, 0.05) is 36.6 Å². The molecule has 0 radical (unpaired) electrons. The summed E-state index contributed by atoms with van der Waals surface area (Å²) >= 11 is 0. The van der Waals surface area contributed by atoms with E-state index in [1.165, 1.54) is 0 Å². The van der Waals surface area contributed by atoms with Crippen molar-refractivity contribution in [3.63, 3.8) is 0 Å². The number of amides is 2. The molecule has 1 aromatic heterocycles. The summed E-state index contributed by atoms with van der Waals surface area (Å²) in [5, 5.41) is 6.15. The quantitative estimate of drug-likeness (QED) is 0.670. The van der Waals surface area contributed by atoms with Crippen LogP contribution in [0.2, 0.25) is 0 Å². The maximum Gasteiger partial charge on any atom is 0.257 e. The zero-order valence-electron chi connectivity index (χ0n) is 18.9. The van der Waals surface area contributed by atoms with Crippen LogP contribution in [0, 0.1) is 12.8 Å². The normalized spacial score (nSPS) is 15.1. The summed E-state index contributed by atoms with van der Waals surface area (Å²) < 4.78 is 0. The van der Waals surface area contributed by atoms with Crippen LogP contribution >= 0.6 is 0 Å². The second-order valence-corrected chi connectivity index (χ2v) is 8.48. The number of nitrogens with zero attached hydrogens (tertiary/aromatic N) is 2. The number of likely N-dealkylation sites (tertiary alicyclic amines) is 1. The van der Waals surface area contributed by atoms with Crippen LogP contribution in [0.15, 0.2) is 42.7 Å². The van der Waals surface area contributed by atoms with Gasteiger partial charge in [-0.3, -0.25) is 19.5 Å². The van der Waals surface area contributed by atoms with Crippen LogP contribution in [0.25, 0.3) is 0 Å². The highest BCUT2D eigenvalue weighted by Gasteiger charge is 2.26. The van der Waals surface area contributed by atoms with Crippen molar-refractivity contribution in [2.75, 3.05) is 18.4 Å². The molecule has 1 fully saturated rings. The van der Waals surface area contributed by atoms with Crippen molar-refractivity contribution in [1.82, 2.24) is 15.2 Å². The number of aromatic nitrogens is 1. The number of anilines is 1. The Hall–Kier alpha value is -2.73. The van der Waals surface area contributed by atoms with Crippen LogP contribution in [-0.2, 0) is 11.3 Å². The van der Waals surface area contributed by atoms with Gasteiger partial charge in [0.2, 0.25) is 5.91 Å². The van der Waals surface area contributed by atoms with Crippen molar-refractivity contribution in [3.05, 3.63) is 59.4 Å². The summed E-state index contributed by atoms with van der Waals surface area (Å²) in [6, 6.07) is 10.1. The Morgan fingerprint density at radius 3 is 2.55 bits per heavy atom. The zero-order chi connectivity index (χ0) is 22.2. The lowest BCUT2D eigenvalue weighted by atomic mass is 9.95. The lowest BCUT2D eigenvalue weighted by Gasteiger charge is -2.32. The first kappa shape index (κ1) is 22.9. The second-order valence-electron chi connectivity index (χ2n) is 8.48. The van der Waals surface area contributed by atoms with Crippen LogP contribution in [0.4, 0.5) is 5.69 Å². The average molecular weight is 423 g/mol. The van der Waals surface area contributed by atoms with E-state index in [4.69, 9.17) is 0 Å². The van der Waals surface area contributed by atoms with Gasteiger partial charge in [-0.1, -0.05) is 26.0 Å². The van der Waals surface area contributed by atoms with Crippen LogP contribution in [0.1, 0.15) is 61.0 Å². The number of benzene rings is 1. The lowest BCUT2D eigenvalue weighted by Crippen LogP contribution is -2.43. The molecule has 2 amide bonds. The topological polar surface area (TPSA) is 74.3 Å². The van der Waals surface area contributed by atoms with Gasteiger partial charge >= 0.3 is 0 Å². The summed E-state index contributed by atoms with van der Waals surface area (Å²) in [6.07, 6.45) is 7.06. The fourth-order valence-corrected chi connectivity index (χ4v) is 4.05. The van der Waals surface area contributed by atoms with E-state index in [0.29, 0.717) is 11.6 Å². The number of rotatable bonds is 8. The molecule has 1 aliphatic rings. The molecule has 0 aliphatic carbocycles. The van der Waals surface area contributed by atoms with Crippen LogP contribution < -0.4 is 10.6 Å². The highest BCUT2D eigenvalue weighted by molar-refractivity contribution is 6.04. The summed E-state index contributed by atoms with van der Waals surface area (Å²) in [5.74, 6) is 0.173. The molecular weight excluding hydrogens is 388 g/mol. The van der Waals surface area contributed by atoms with Gasteiger partial charge in [-0.15, -0.1) is 0 Å². The molecule has 166 valence electrons. The third-order valence-electron chi connectivity index (χ3n) is 6.02. The summed E-state index contributed by atoms with van der Waals surface area (Å²) in [4.78, 5) is 31.5. The van der Waals surface area contributed by atoms with Gasteiger partial charge < -0.3 is 10.6 Å². The smallest absolute Gasteiger partial charge is 0.257 e. The monoisotopic (exact) mass is 422 g/mol. The molecule has 0 spiro atoms. The first-order valence-electron chi connectivity index (χ1n) is 11.3. The van der Waals surface area contributed by atoms with E-state index in [1.54, 1.807) is 12.4 Å². The van der Waals surface area contributed by atoms with Crippen molar-refractivity contribution in [3.8, 4) is 0 Å². The molecule has 2 aromatic rings. The Morgan fingerprint density at radius 1 is 1.13 bits per heavy atom. The average Bonchev–Trinajstić information content (AvgIpc) is 2.78. The van der Waals surface area contributed by atoms with E-state index in [2.05, 4.69) is 40.4 Å². The number of pyridine rings is 1. The Morgan fingerprint density at radius 2 is 1.87 bits per heavy atom. The number of carbonyl (C=O) groups excluding carboxylic acids is 2. The Labute approximate surface area is 185 Å². The van der Waals surface area contributed by atoms with Gasteiger partial charge in [-0.25, -0.2) is 0 Å². The minimum absolute atomic E-state index is 0.116. The summed E-state index contributed by atoms with van der Waals surface area (Å²) in [5.41, 5.74) is 3.45. The molecule has 0 atom stereocenters. The lowest BCUT2D eigenvalue weighted by molar-refractivity contribution is -0.127. The third-order valence-corrected chi connectivity index (χ3v) is 6.02. The number of piperidine rings is 1. The number of hydrogen-bond acceptors (Lipinski definition) is 4. The SMILES string of the molecule is CCC(CC)NC(=O)C1CCN(Cc2cccc(NC(=O)c3cncc(C)c3)c2)CC1. The number of aryl methyl sites for hydroxylation is 1. The largest absolute Gasteiger partial charge is 0.353 e. The zero-order valence-corrected chi connectivity index (χ0v) is 18.9. The van der Waals surface area contributed by atoms with Gasteiger partial charge in [0.15, 0.2) is 0 Å². The van der Waals surface area contributed by atoms with Crippen LogP contribution in [0.5, 0.6) is 0 Å². The molecule has 0 saturated carbocycles. The molecule has 1 saturated heterocycles. The van der Waals surface area contributed by atoms with E-state index in [0.717, 1.165) is 62.1 Å². The molecule has 2 N–H and O–H groups in total. The predicted molar refractivity (Wildman–Crippen MR) is 124 cm³/mol. The first-order valence-corrected chi connectivity index (χ1v) is 11.3. The maximum atomic E-state index is 12.5.